The van der Waals surface area contributed by atoms with Gasteiger partial charge in [0.25, 0.3) is 5.56 Å². The molecule has 2 heterocycles. The van der Waals surface area contributed by atoms with Crippen LogP contribution in [0.15, 0.2) is 46.6 Å². The number of aromatic nitrogens is 1. The molecule has 1 aliphatic rings. The van der Waals surface area contributed by atoms with E-state index in [0.29, 0.717) is 17.0 Å². The molecule has 6 heteroatoms. The Morgan fingerprint density at radius 2 is 2.13 bits per heavy atom. The lowest BCUT2D eigenvalue weighted by Gasteiger charge is -2.26. The van der Waals surface area contributed by atoms with E-state index in [9.17, 15) is 14.4 Å². The topological polar surface area (TPSA) is 81.0 Å². The number of pyridine rings is 1. The number of hydrogen-bond acceptors (Lipinski definition) is 4. The zero-order valence-corrected chi connectivity index (χ0v) is 12.6. The van der Waals surface area contributed by atoms with Gasteiger partial charge >= 0.3 is 0 Å². The van der Waals surface area contributed by atoms with Crippen LogP contribution in [0.5, 0.6) is 5.75 Å². The molecule has 3 rings (SSSR count). The van der Waals surface area contributed by atoms with Crippen LogP contribution in [0.1, 0.15) is 22.7 Å². The summed E-state index contributed by atoms with van der Waals surface area (Å²) in [5, 5.41) is 9.43. The quantitative estimate of drug-likeness (QED) is 0.874. The molecule has 2 N–H and O–H groups in total. The molecule has 116 valence electrons. The van der Waals surface area contributed by atoms with Gasteiger partial charge in [0.1, 0.15) is 23.2 Å². The van der Waals surface area contributed by atoms with Crippen LogP contribution in [0.25, 0.3) is 0 Å². The summed E-state index contributed by atoms with van der Waals surface area (Å²) in [6.07, 6.45) is 0. The number of halogens is 1. The highest BCUT2D eigenvalue weighted by atomic mass is 19.1. The van der Waals surface area contributed by atoms with Crippen molar-refractivity contribution < 1.29 is 9.13 Å². The third-order valence-corrected chi connectivity index (χ3v) is 4.03. The summed E-state index contributed by atoms with van der Waals surface area (Å²) in [6.45, 7) is 1.77. The molecule has 0 aliphatic carbocycles. The first-order valence-electron chi connectivity index (χ1n) is 6.97. The van der Waals surface area contributed by atoms with E-state index in [1.54, 1.807) is 26.1 Å². The van der Waals surface area contributed by atoms with Gasteiger partial charge in [-0.3, -0.25) is 4.79 Å². The van der Waals surface area contributed by atoms with Crippen molar-refractivity contribution in [2.75, 3.05) is 0 Å². The van der Waals surface area contributed by atoms with E-state index in [4.69, 9.17) is 10.5 Å². The second-order valence-corrected chi connectivity index (χ2v) is 5.41. The molecule has 0 bridgehead atoms. The number of benzene rings is 1. The van der Waals surface area contributed by atoms with Gasteiger partial charge in [0.15, 0.2) is 0 Å². The number of rotatable bonds is 1. The van der Waals surface area contributed by atoms with Gasteiger partial charge in [0.05, 0.1) is 11.5 Å². The van der Waals surface area contributed by atoms with Gasteiger partial charge in [0, 0.05) is 18.8 Å². The summed E-state index contributed by atoms with van der Waals surface area (Å²) in [6, 6.07) is 9.46. The highest BCUT2D eigenvalue weighted by Gasteiger charge is 2.34. The molecule has 0 saturated carbocycles. The normalized spacial score (nSPS) is 16.5. The van der Waals surface area contributed by atoms with Gasteiger partial charge in [-0.1, -0.05) is 12.1 Å². The average molecular weight is 311 g/mol. The Labute approximate surface area is 132 Å². The van der Waals surface area contributed by atoms with E-state index in [1.807, 2.05) is 6.07 Å². The Kier molecular flexibility index (Phi) is 3.41. The predicted molar refractivity (Wildman–Crippen MR) is 82.1 cm³/mol. The zero-order chi connectivity index (χ0) is 16.7. The molecule has 0 amide bonds. The molecule has 23 heavy (non-hydrogen) atoms. The summed E-state index contributed by atoms with van der Waals surface area (Å²) in [5.41, 5.74) is 7.11. The maximum absolute atomic E-state index is 13.6. The van der Waals surface area contributed by atoms with Crippen molar-refractivity contribution in [2.24, 2.45) is 12.8 Å². The maximum atomic E-state index is 13.6. The van der Waals surface area contributed by atoms with Crippen molar-refractivity contribution in [1.82, 2.24) is 4.57 Å². The zero-order valence-electron chi connectivity index (χ0n) is 12.6. The Morgan fingerprint density at radius 3 is 2.78 bits per heavy atom. The average Bonchev–Trinajstić information content (AvgIpc) is 2.51. The van der Waals surface area contributed by atoms with Crippen LogP contribution in [0.3, 0.4) is 0 Å². The van der Waals surface area contributed by atoms with Crippen LogP contribution in [-0.4, -0.2) is 4.57 Å². The number of ether oxygens (including phenoxy) is 1. The minimum atomic E-state index is -0.751. The number of nitrogens with zero attached hydrogens (tertiary/aromatic N) is 2. The fourth-order valence-corrected chi connectivity index (χ4v) is 2.76. The van der Waals surface area contributed by atoms with Crippen LogP contribution in [0.4, 0.5) is 4.39 Å². The fourth-order valence-electron chi connectivity index (χ4n) is 2.76. The van der Waals surface area contributed by atoms with Gasteiger partial charge < -0.3 is 15.0 Å². The maximum Gasteiger partial charge on any atom is 0.258 e. The minimum absolute atomic E-state index is 0.0677. The smallest absolute Gasteiger partial charge is 0.258 e. The second-order valence-electron chi connectivity index (χ2n) is 5.41. The van der Waals surface area contributed by atoms with Crippen molar-refractivity contribution >= 4 is 0 Å². The van der Waals surface area contributed by atoms with E-state index in [1.165, 1.54) is 22.8 Å². The second kappa shape index (κ2) is 5.29. The Bertz CT molecular complexity index is 938. The largest absolute Gasteiger partial charge is 0.440 e. The number of nitrogens with two attached hydrogens (primary N) is 1. The summed E-state index contributed by atoms with van der Waals surface area (Å²) >= 11 is 0. The van der Waals surface area contributed by atoms with E-state index in [2.05, 4.69) is 0 Å². The molecular formula is C17H14FN3O2. The molecule has 5 nitrogen and oxygen atoms in total. The highest BCUT2D eigenvalue weighted by molar-refractivity contribution is 5.55. The standard InChI is InChI=1S/C17H14FN3O2/c1-9-6-13-15(17(22)21(9)2)14(12(8-19)16(20)23-13)10-4-3-5-11(18)7-10/h3-7,14H,20H2,1-2H3/t14-/m0/s1. The monoisotopic (exact) mass is 311 g/mol. The van der Waals surface area contributed by atoms with E-state index >= 15 is 0 Å². The van der Waals surface area contributed by atoms with Crippen LogP contribution in [0.2, 0.25) is 0 Å². The molecule has 0 radical (unpaired) electrons. The first-order chi connectivity index (χ1) is 10.9. The number of nitriles is 1. The van der Waals surface area contributed by atoms with Crippen molar-refractivity contribution in [3.63, 3.8) is 0 Å². The Balaban J connectivity index is 2.36. The lowest BCUT2D eigenvalue weighted by molar-refractivity contribution is 0.389. The van der Waals surface area contributed by atoms with Gasteiger partial charge in [-0.2, -0.15) is 5.26 Å². The Morgan fingerprint density at radius 1 is 1.39 bits per heavy atom. The first kappa shape index (κ1) is 14.9. The lowest BCUT2D eigenvalue weighted by Crippen LogP contribution is -2.31. The molecule has 1 aromatic carbocycles. The first-order valence-corrected chi connectivity index (χ1v) is 6.97. The van der Waals surface area contributed by atoms with Crippen molar-refractivity contribution in [2.45, 2.75) is 12.8 Å². The van der Waals surface area contributed by atoms with Crippen LogP contribution in [-0.2, 0) is 7.05 Å². The van der Waals surface area contributed by atoms with Gasteiger partial charge in [-0.05, 0) is 24.6 Å². The van der Waals surface area contributed by atoms with Crippen LogP contribution in [0, 0.1) is 24.1 Å². The highest BCUT2D eigenvalue weighted by Crippen LogP contribution is 2.40. The molecule has 0 spiro atoms. The lowest BCUT2D eigenvalue weighted by atomic mass is 9.84. The van der Waals surface area contributed by atoms with Crippen LogP contribution < -0.4 is 16.0 Å². The summed E-state index contributed by atoms with van der Waals surface area (Å²) < 4.78 is 20.6. The van der Waals surface area contributed by atoms with Crippen LogP contribution >= 0.6 is 0 Å². The van der Waals surface area contributed by atoms with Crippen molar-refractivity contribution in [3.8, 4) is 11.8 Å². The SMILES string of the molecule is Cc1cc2c(c(=O)n1C)[C@@H](c1cccc(F)c1)C(C#N)=C(N)O2. The Hall–Kier alpha value is -3.07. The molecule has 1 aliphatic heterocycles. The van der Waals surface area contributed by atoms with Gasteiger partial charge in [-0.15, -0.1) is 0 Å². The molecule has 0 saturated heterocycles. The summed E-state index contributed by atoms with van der Waals surface area (Å²) in [7, 11) is 1.63. The third-order valence-electron chi connectivity index (χ3n) is 4.03. The van der Waals surface area contributed by atoms with Crippen molar-refractivity contribution in [3.05, 3.63) is 74.8 Å². The van der Waals surface area contributed by atoms with E-state index in [-0.39, 0.29) is 22.6 Å². The number of allylic oxidation sites excluding steroid dienone is 1. The molecule has 0 fully saturated rings. The summed E-state index contributed by atoms with van der Waals surface area (Å²) in [5.74, 6) is -0.965. The van der Waals surface area contributed by atoms with E-state index < -0.39 is 11.7 Å². The predicted octanol–water partition coefficient (Wildman–Crippen LogP) is 2.05. The molecular weight excluding hydrogens is 297 g/mol. The third kappa shape index (κ3) is 2.27. The number of aryl methyl sites for hydroxylation is 1. The van der Waals surface area contributed by atoms with Gasteiger partial charge in [-0.25, -0.2) is 4.39 Å². The van der Waals surface area contributed by atoms with Gasteiger partial charge in [0.2, 0.25) is 5.88 Å². The molecule has 1 aromatic heterocycles. The molecule has 0 unspecified atom stereocenters. The number of fused-ring (bicyclic) bond motifs is 1. The summed E-state index contributed by atoms with van der Waals surface area (Å²) in [4.78, 5) is 12.7. The van der Waals surface area contributed by atoms with E-state index in [0.717, 1.165) is 0 Å². The fraction of sp³-hybridized carbons (Fsp3) is 0.176. The molecule has 1 atom stereocenters. The molecule has 2 aromatic rings. The van der Waals surface area contributed by atoms with Crippen molar-refractivity contribution in [1.29, 1.82) is 5.26 Å². The number of hydrogen-bond donors (Lipinski definition) is 1. The minimum Gasteiger partial charge on any atom is -0.440 e.